The fraction of sp³-hybridized carbons (Fsp3) is 0.368. The summed E-state index contributed by atoms with van der Waals surface area (Å²) in [6.07, 6.45) is -0.113. The lowest BCUT2D eigenvalue weighted by molar-refractivity contribution is 0.161. The van der Waals surface area contributed by atoms with Crippen LogP contribution in [-0.2, 0) is 0 Å². The third-order valence-corrected chi connectivity index (χ3v) is 6.20. The number of aliphatic hydroxyl groups excluding tert-OH is 1. The minimum atomic E-state index is -3.23. The molecule has 3 rings (SSSR count). The van der Waals surface area contributed by atoms with E-state index in [1.54, 1.807) is 8.61 Å². The number of nitrogens with one attached hydrogen (secondary N) is 1. The minimum Gasteiger partial charge on any atom is -0.392 e. The normalized spacial score (nSPS) is 18.1. The molecule has 0 aliphatic carbocycles. The smallest absolute Gasteiger partial charge is 0.0896 e. The Balaban J connectivity index is 1.82. The third-order valence-electron chi connectivity index (χ3n) is 4.33. The van der Waals surface area contributed by atoms with Gasteiger partial charge in [0, 0.05) is 19.1 Å². The Kier molecular flexibility index (Phi) is 5.74. The van der Waals surface area contributed by atoms with Crippen LogP contribution < -0.4 is 13.9 Å². The van der Waals surface area contributed by atoms with E-state index in [-0.39, 0.29) is 0 Å². The zero-order valence-electron chi connectivity index (χ0n) is 15.1. The van der Waals surface area contributed by atoms with E-state index in [2.05, 4.69) is 5.32 Å². The van der Waals surface area contributed by atoms with Crippen LogP contribution in [0.1, 0.15) is 20.3 Å². The molecule has 26 heavy (non-hydrogen) atoms. The second kappa shape index (κ2) is 7.85. The number of nitrogens with zero attached hydrogens (tertiary/aromatic N) is 2. The van der Waals surface area contributed by atoms with Gasteiger partial charge in [0.05, 0.1) is 23.2 Å². The number of anilines is 3. The van der Waals surface area contributed by atoms with Gasteiger partial charge < -0.3 is 10.4 Å². The quantitative estimate of drug-likeness (QED) is 0.585. The Bertz CT molecular complexity index is 727. The molecule has 2 aromatic carbocycles. The van der Waals surface area contributed by atoms with Gasteiger partial charge in [-0.25, -0.2) is 4.31 Å². The van der Waals surface area contributed by atoms with Crippen molar-refractivity contribution in [1.29, 1.82) is 0 Å². The maximum absolute atomic E-state index is 11.0. The van der Waals surface area contributed by atoms with Gasteiger partial charge in [0.2, 0.25) is 0 Å². The van der Waals surface area contributed by atoms with Crippen molar-refractivity contribution < 1.29 is 14.2 Å². The van der Waals surface area contributed by atoms with E-state index in [9.17, 15) is 14.2 Å². The lowest BCUT2D eigenvalue weighted by Crippen LogP contribution is -2.36. The van der Waals surface area contributed by atoms with Crippen molar-refractivity contribution in [2.24, 2.45) is 0 Å². The Labute approximate surface area is 156 Å². The fourth-order valence-corrected chi connectivity index (χ4v) is 4.82. The second-order valence-corrected chi connectivity index (χ2v) is 8.50. The number of aliphatic hydroxyl groups is 1. The van der Waals surface area contributed by atoms with Crippen LogP contribution >= 0.6 is 11.0 Å². The zero-order valence-corrected chi connectivity index (χ0v) is 15.9. The molecule has 1 atom stereocenters. The molecule has 1 aliphatic heterocycles. The van der Waals surface area contributed by atoms with Crippen molar-refractivity contribution in [3.63, 3.8) is 0 Å². The maximum Gasteiger partial charge on any atom is 0.0896 e. The molecule has 0 spiro atoms. The van der Waals surface area contributed by atoms with Gasteiger partial charge in [-0.05, 0) is 41.6 Å². The summed E-state index contributed by atoms with van der Waals surface area (Å²) in [4.78, 5) is 0. The van der Waals surface area contributed by atoms with Gasteiger partial charge in [0.15, 0.2) is 0 Å². The van der Waals surface area contributed by atoms with Gasteiger partial charge in [-0.3, -0.25) is 13.4 Å². The summed E-state index contributed by atoms with van der Waals surface area (Å²) in [7, 11) is -3.23. The fourth-order valence-electron chi connectivity index (χ4n) is 3.04. The summed E-state index contributed by atoms with van der Waals surface area (Å²) < 4.78 is 25.2. The average molecular weight is 378 g/mol. The van der Waals surface area contributed by atoms with Crippen molar-refractivity contribution in [3.05, 3.63) is 54.6 Å². The Morgan fingerprint density at radius 2 is 1.58 bits per heavy atom. The molecule has 7 heteroatoms. The molecule has 0 amide bonds. The number of para-hydroxylation sites is 3. The van der Waals surface area contributed by atoms with Gasteiger partial charge in [-0.15, -0.1) is 0 Å². The van der Waals surface area contributed by atoms with Crippen LogP contribution in [0.25, 0.3) is 0 Å². The van der Waals surface area contributed by atoms with Crippen LogP contribution in [0.15, 0.2) is 54.6 Å². The Hall–Kier alpha value is -1.77. The van der Waals surface area contributed by atoms with Crippen LogP contribution in [0.3, 0.4) is 0 Å². The van der Waals surface area contributed by atoms with Crippen LogP contribution in [0.5, 0.6) is 0 Å². The largest absolute Gasteiger partial charge is 0.392 e. The highest BCUT2D eigenvalue weighted by molar-refractivity contribution is 8.27. The number of hydrogen-bond donors (Lipinski definition) is 4. The molecule has 0 radical (unpaired) electrons. The molecular weight excluding hydrogens is 350 g/mol. The number of hydrogen-bond acceptors (Lipinski definition) is 6. The number of rotatable bonds is 7. The molecule has 142 valence electrons. The zero-order chi connectivity index (χ0) is 18.7. The lowest BCUT2D eigenvalue weighted by Gasteiger charge is -2.44. The summed E-state index contributed by atoms with van der Waals surface area (Å²) in [6.45, 7) is 4.88. The van der Waals surface area contributed by atoms with Crippen molar-refractivity contribution in [2.75, 3.05) is 21.7 Å². The predicted octanol–water partition coefficient (Wildman–Crippen LogP) is 3.97. The Morgan fingerprint density at radius 1 is 0.962 bits per heavy atom. The standard InChI is InChI=1S/C19H27N3O3S/c1-15(2)20-14-17(23)12-13-21-18-10-6-7-11-19(18)22(26(21,24)25)16-8-4-3-5-9-16/h3-11,15,17,20,23-25H,12-14H2,1-2H3/t17-/m1/s1. The number of fused-ring (bicyclic) bond motifs is 1. The molecule has 4 N–H and O–H groups in total. The highest BCUT2D eigenvalue weighted by Gasteiger charge is 2.41. The minimum absolute atomic E-state index is 0.297. The van der Waals surface area contributed by atoms with E-state index in [0.717, 1.165) is 17.1 Å². The lowest BCUT2D eigenvalue weighted by atomic mass is 10.2. The predicted molar refractivity (Wildman–Crippen MR) is 109 cm³/mol. The first kappa shape index (κ1) is 19.0. The maximum atomic E-state index is 11.0. The van der Waals surface area contributed by atoms with Crippen molar-refractivity contribution >= 4 is 28.0 Å². The van der Waals surface area contributed by atoms with E-state index in [4.69, 9.17) is 0 Å². The highest BCUT2D eigenvalue weighted by Crippen LogP contribution is 2.63. The highest BCUT2D eigenvalue weighted by atomic mass is 32.3. The molecule has 0 saturated carbocycles. The monoisotopic (exact) mass is 377 g/mol. The molecular formula is C19H27N3O3S. The second-order valence-electron chi connectivity index (χ2n) is 6.72. The van der Waals surface area contributed by atoms with Crippen LogP contribution in [0, 0.1) is 0 Å². The van der Waals surface area contributed by atoms with E-state index in [1.807, 2.05) is 68.4 Å². The van der Waals surface area contributed by atoms with Gasteiger partial charge in [-0.1, -0.05) is 44.2 Å². The van der Waals surface area contributed by atoms with E-state index < -0.39 is 17.1 Å². The molecule has 0 aromatic heterocycles. The van der Waals surface area contributed by atoms with E-state index in [1.165, 1.54) is 0 Å². The molecule has 6 nitrogen and oxygen atoms in total. The van der Waals surface area contributed by atoms with E-state index in [0.29, 0.717) is 25.6 Å². The van der Waals surface area contributed by atoms with Crippen LogP contribution in [-0.4, -0.2) is 39.4 Å². The summed E-state index contributed by atoms with van der Waals surface area (Å²) in [5, 5.41) is 13.4. The topological polar surface area (TPSA) is 79.2 Å². The van der Waals surface area contributed by atoms with Gasteiger partial charge in [-0.2, -0.15) is 0 Å². The molecule has 0 fully saturated rings. The molecule has 2 aromatic rings. The number of benzene rings is 2. The van der Waals surface area contributed by atoms with Crippen molar-refractivity contribution in [1.82, 2.24) is 5.32 Å². The Morgan fingerprint density at radius 3 is 2.23 bits per heavy atom. The summed E-state index contributed by atoms with van der Waals surface area (Å²) >= 11 is 0. The van der Waals surface area contributed by atoms with E-state index >= 15 is 0 Å². The summed E-state index contributed by atoms with van der Waals surface area (Å²) in [5.41, 5.74) is 2.25. The average Bonchev–Trinajstić information content (AvgIpc) is 2.84. The molecule has 1 heterocycles. The molecule has 0 saturated heterocycles. The molecule has 0 bridgehead atoms. The first-order chi connectivity index (χ1) is 12.4. The van der Waals surface area contributed by atoms with Gasteiger partial charge >= 0.3 is 0 Å². The first-order valence-electron chi connectivity index (χ1n) is 8.83. The third kappa shape index (κ3) is 3.82. The molecule has 0 unspecified atom stereocenters. The van der Waals surface area contributed by atoms with Crippen LogP contribution in [0.4, 0.5) is 17.1 Å². The van der Waals surface area contributed by atoms with Crippen molar-refractivity contribution in [3.8, 4) is 0 Å². The summed E-state index contributed by atoms with van der Waals surface area (Å²) in [6, 6.07) is 17.2. The van der Waals surface area contributed by atoms with Crippen LogP contribution in [0.2, 0.25) is 0 Å². The first-order valence-corrected chi connectivity index (χ1v) is 10.3. The van der Waals surface area contributed by atoms with Gasteiger partial charge in [0.1, 0.15) is 0 Å². The SMILES string of the molecule is CC(C)NC[C@H](O)CCN1c2ccccc2N(c2ccccc2)S1(O)O. The molecule has 1 aliphatic rings. The van der Waals surface area contributed by atoms with Gasteiger partial charge in [0.25, 0.3) is 0 Å². The van der Waals surface area contributed by atoms with Crippen molar-refractivity contribution in [2.45, 2.75) is 32.4 Å². The summed E-state index contributed by atoms with van der Waals surface area (Å²) in [5.74, 6) is 0.